The predicted octanol–water partition coefficient (Wildman–Crippen LogP) is 2.66. The van der Waals surface area contributed by atoms with E-state index in [1.165, 1.54) is 0 Å². The van der Waals surface area contributed by atoms with Crippen LogP contribution in [0.3, 0.4) is 0 Å². The molecule has 2 aromatic rings. The van der Waals surface area contributed by atoms with Gasteiger partial charge in [0.1, 0.15) is 6.04 Å². The Kier molecular flexibility index (Phi) is 4.55. The van der Waals surface area contributed by atoms with Crippen molar-refractivity contribution in [3.8, 4) is 0 Å². The fourth-order valence-corrected chi connectivity index (χ4v) is 1.95. The molecule has 2 aromatic carbocycles. The van der Waals surface area contributed by atoms with Crippen LogP contribution < -0.4 is 11.1 Å². The van der Waals surface area contributed by atoms with Gasteiger partial charge >= 0.3 is 0 Å². The van der Waals surface area contributed by atoms with Gasteiger partial charge in [-0.15, -0.1) is 0 Å². The second-order valence-corrected chi connectivity index (χ2v) is 4.60. The summed E-state index contributed by atoms with van der Waals surface area (Å²) in [6, 6.07) is 16.0. The first-order valence-corrected chi connectivity index (χ1v) is 6.38. The largest absolute Gasteiger partial charge is 0.350 e. The maximum atomic E-state index is 11.9. The van der Waals surface area contributed by atoms with E-state index in [1.54, 1.807) is 6.07 Å². The van der Waals surface area contributed by atoms with Gasteiger partial charge in [0, 0.05) is 11.6 Å². The van der Waals surface area contributed by atoms with Gasteiger partial charge in [0.25, 0.3) is 0 Å². The SMILES string of the molecule is N[C@@H](C(=O)NCc1ccccc1Cl)c1ccccc1. The van der Waals surface area contributed by atoms with Crippen LogP contribution in [-0.2, 0) is 11.3 Å². The molecule has 0 aliphatic rings. The van der Waals surface area contributed by atoms with Gasteiger partial charge in [-0.05, 0) is 17.2 Å². The fraction of sp³-hybridized carbons (Fsp3) is 0.133. The molecule has 3 nitrogen and oxygen atoms in total. The summed E-state index contributed by atoms with van der Waals surface area (Å²) in [6.07, 6.45) is 0. The third-order valence-electron chi connectivity index (χ3n) is 2.85. The molecule has 3 N–H and O–H groups in total. The van der Waals surface area contributed by atoms with E-state index in [1.807, 2.05) is 48.5 Å². The van der Waals surface area contributed by atoms with Crippen molar-refractivity contribution >= 4 is 17.5 Å². The van der Waals surface area contributed by atoms with Gasteiger partial charge in [0.15, 0.2) is 0 Å². The molecule has 98 valence electrons. The molecule has 0 spiro atoms. The molecule has 0 saturated carbocycles. The second-order valence-electron chi connectivity index (χ2n) is 4.20. The van der Waals surface area contributed by atoms with E-state index in [9.17, 15) is 4.79 Å². The van der Waals surface area contributed by atoms with Crippen LogP contribution in [0, 0.1) is 0 Å². The fourth-order valence-electron chi connectivity index (χ4n) is 1.75. The average Bonchev–Trinajstić information content (AvgIpc) is 2.46. The molecule has 0 fully saturated rings. The van der Waals surface area contributed by atoms with E-state index in [2.05, 4.69) is 5.32 Å². The van der Waals surface area contributed by atoms with Crippen molar-refractivity contribution in [3.05, 3.63) is 70.7 Å². The first-order chi connectivity index (χ1) is 9.18. The molecule has 0 aliphatic carbocycles. The highest BCUT2D eigenvalue weighted by Gasteiger charge is 2.15. The first-order valence-electron chi connectivity index (χ1n) is 6.00. The Balaban J connectivity index is 1.97. The lowest BCUT2D eigenvalue weighted by Crippen LogP contribution is -2.33. The zero-order valence-electron chi connectivity index (χ0n) is 10.3. The molecule has 0 radical (unpaired) electrons. The molecule has 0 bridgehead atoms. The van der Waals surface area contributed by atoms with Crippen LogP contribution in [0.1, 0.15) is 17.2 Å². The van der Waals surface area contributed by atoms with Gasteiger partial charge in [-0.2, -0.15) is 0 Å². The quantitative estimate of drug-likeness (QED) is 0.901. The minimum absolute atomic E-state index is 0.217. The number of hydrogen-bond acceptors (Lipinski definition) is 2. The lowest BCUT2D eigenvalue weighted by atomic mass is 10.1. The van der Waals surface area contributed by atoms with Crippen molar-refractivity contribution < 1.29 is 4.79 Å². The second kappa shape index (κ2) is 6.36. The Labute approximate surface area is 117 Å². The van der Waals surface area contributed by atoms with Crippen LogP contribution in [-0.4, -0.2) is 5.91 Å². The van der Waals surface area contributed by atoms with Crippen LogP contribution in [0.5, 0.6) is 0 Å². The molecule has 0 aliphatic heterocycles. The van der Waals surface area contributed by atoms with E-state index >= 15 is 0 Å². The Morgan fingerprint density at radius 3 is 2.42 bits per heavy atom. The van der Waals surface area contributed by atoms with E-state index in [0.29, 0.717) is 11.6 Å². The number of hydrogen-bond donors (Lipinski definition) is 2. The van der Waals surface area contributed by atoms with Crippen LogP contribution >= 0.6 is 11.6 Å². The van der Waals surface area contributed by atoms with Crippen LogP contribution in [0.25, 0.3) is 0 Å². The molecule has 0 unspecified atom stereocenters. The molecule has 2 rings (SSSR count). The lowest BCUT2D eigenvalue weighted by molar-refractivity contribution is -0.122. The van der Waals surface area contributed by atoms with Crippen LogP contribution in [0.15, 0.2) is 54.6 Å². The topological polar surface area (TPSA) is 55.1 Å². The molecular weight excluding hydrogens is 260 g/mol. The van der Waals surface area contributed by atoms with Crippen molar-refractivity contribution in [1.82, 2.24) is 5.32 Å². The Morgan fingerprint density at radius 2 is 1.74 bits per heavy atom. The van der Waals surface area contributed by atoms with E-state index in [4.69, 9.17) is 17.3 Å². The molecule has 4 heteroatoms. The molecule has 19 heavy (non-hydrogen) atoms. The standard InChI is InChI=1S/C15H15ClN2O/c16-13-9-5-4-8-12(13)10-18-15(19)14(17)11-6-2-1-3-7-11/h1-9,14H,10,17H2,(H,18,19)/t14-/m1/s1. The van der Waals surface area contributed by atoms with Crippen molar-refractivity contribution in [3.63, 3.8) is 0 Å². The maximum Gasteiger partial charge on any atom is 0.241 e. The monoisotopic (exact) mass is 274 g/mol. The number of nitrogens with two attached hydrogens (primary N) is 1. The first kappa shape index (κ1) is 13.6. The minimum atomic E-state index is -0.663. The summed E-state index contributed by atoms with van der Waals surface area (Å²) >= 11 is 6.02. The Hall–Kier alpha value is -1.84. The van der Waals surface area contributed by atoms with Crippen LogP contribution in [0.2, 0.25) is 5.02 Å². The summed E-state index contributed by atoms with van der Waals surface area (Å²) in [7, 11) is 0. The average molecular weight is 275 g/mol. The zero-order chi connectivity index (χ0) is 13.7. The number of nitrogens with one attached hydrogen (secondary N) is 1. The minimum Gasteiger partial charge on any atom is -0.350 e. The number of carbonyl (C=O) groups excluding carboxylic acids is 1. The van der Waals surface area contributed by atoms with E-state index in [-0.39, 0.29) is 5.91 Å². The summed E-state index contributed by atoms with van der Waals surface area (Å²) in [5, 5.41) is 3.42. The zero-order valence-corrected chi connectivity index (χ0v) is 11.1. The third-order valence-corrected chi connectivity index (χ3v) is 3.22. The molecule has 0 heterocycles. The van der Waals surface area contributed by atoms with Gasteiger partial charge in [-0.25, -0.2) is 0 Å². The van der Waals surface area contributed by atoms with Crippen LogP contribution in [0.4, 0.5) is 0 Å². The predicted molar refractivity (Wildman–Crippen MR) is 76.7 cm³/mol. The smallest absolute Gasteiger partial charge is 0.241 e. The normalized spacial score (nSPS) is 11.9. The molecule has 1 amide bonds. The van der Waals surface area contributed by atoms with Gasteiger partial charge in [0.2, 0.25) is 5.91 Å². The van der Waals surface area contributed by atoms with E-state index < -0.39 is 6.04 Å². The summed E-state index contributed by atoms with van der Waals surface area (Å²) in [5.74, 6) is -0.217. The maximum absolute atomic E-state index is 11.9. The highest BCUT2D eigenvalue weighted by molar-refractivity contribution is 6.31. The number of carbonyl (C=O) groups is 1. The molecule has 0 saturated heterocycles. The number of halogens is 1. The summed E-state index contributed by atoms with van der Waals surface area (Å²) in [5.41, 5.74) is 7.56. The van der Waals surface area contributed by atoms with Crippen molar-refractivity contribution in [2.75, 3.05) is 0 Å². The number of amides is 1. The summed E-state index contributed by atoms with van der Waals surface area (Å²) < 4.78 is 0. The van der Waals surface area contributed by atoms with Gasteiger partial charge in [-0.3, -0.25) is 4.79 Å². The van der Waals surface area contributed by atoms with Gasteiger partial charge in [0.05, 0.1) is 0 Å². The molecule has 1 atom stereocenters. The summed E-state index contributed by atoms with van der Waals surface area (Å²) in [4.78, 5) is 11.9. The number of benzene rings is 2. The van der Waals surface area contributed by atoms with Gasteiger partial charge < -0.3 is 11.1 Å². The van der Waals surface area contributed by atoms with Crippen molar-refractivity contribution in [2.45, 2.75) is 12.6 Å². The Bertz CT molecular complexity index is 557. The summed E-state index contributed by atoms with van der Waals surface area (Å²) in [6.45, 7) is 0.374. The van der Waals surface area contributed by atoms with Gasteiger partial charge in [-0.1, -0.05) is 60.1 Å². The highest BCUT2D eigenvalue weighted by Crippen LogP contribution is 2.15. The molecule has 0 aromatic heterocycles. The highest BCUT2D eigenvalue weighted by atomic mass is 35.5. The molecular formula is C15H15ClN2O. The van der Waals surface area contributed by atoms with Crippen molar-refractivity contribution in [2.24, 2.45) is 5.73 Å². The Morgan fingerprint density at radius 1 is 1.11 bits per heavy atom. The number of rotatable bonds is 4. The third kappa shape index (κ3) is 3.56. The van der Waals surface area contributed by atoms with E-state index in [0.717, 1.165) is 11.1 Å². The lowest BCUT2D eigenvalue weighted by Gasteiger charge is -2.13. The van der Waals surface area contributed by atoms with Crippen molar-refractivity contribution in [1.29, 1.82) is 0 Å².